The minimum absolute atomic E-state index is 0.167. The van der Waals surface area contributed by atoms with Crippen LogP contribution in [0.5, 0.6) is 0 Å². The van der Waals surface area contributed by atoms with E-state index in [1.165, 1.54) is 6.20 Å². The van der Waals surface area contributed by atoms with Crippen LogP contribution in [0.15, 0.2) is 30.7 Å². The monoisotopic (exact) mass is 272 g/mol. The van der Waals surface area contributed by atoms with E-state index < -0.39 is 5.82 Å². The molecule has 3 rings (SSSR count). The van der Waals surface area contributed by atoms with Crippen LogP contribution in [-0.2, 0) is 0 Å². The highest BCUT2D eigenvalue weighted by Gasteiger charge is 2.13. The number of fused-ring (bicyclic) bond motifs is 1. The third kappa shape index (κ3) is 1.92. The highest BCUT2D eigenvalue weighted by Crippen LogP contribution is 2.30. The molecule has 0 atom stereocenters. The summed E-state index contributed by atoms with van der Waals surface area (Å²) >= 11 is 5.91. The standard InChI is InChI=1S/C13H6ClFN4/c14-8-2-10-11(6-19-13(10)18-4-8)12-7(3-16)1-9(15)5-17-12/h1-2,4-6H,(H,18,19). The summed E-state index contributed by atoms with van der Waals surface area (Å²) in [7, 11) is 0. The van der Waals surface area contributed by atoms with Crippen LogP contribution < -0.4 is 0 Å². The van der Waals surface area contributed by atoms with Gasteiger partial charge in [-0.2, -0.15) is 5.26 Å². The van der Waals surface area contributed by atoms with Crippen LogP contribution in [0.1, 0.15) is 5.56 Å². The van der Waals surface area contributed by atoms with E-state index in [4.69, 9.17) is 16.9 Å². The summed E-state index contributed by atoms with van der Waals surface area (Å²) in [6, 6.07) is 4.81. The summed E-state index contributed by atoms with van der Waals surface area (Å²) < 4.78 is 13.1. The smallest absolute Gasteiger partial charge is 0.142 e. The molecule has 3 heterocycles. The zero-order chi connectivity index (χ0) is 13.4. The summed E-state index contributed by atoms with van der Waals surface area (Å²) in [5.74, 6) is -0.545. The molecule has 92 valence electrons. The SMILES string of the molecule is N#Cc1cc(F)cnc1-c1c[nH]c2ncc(Cl)cc12. The Balaban J connectivity index is 2.31. The lowest BCUT2D eigenvalue weighted by molar-refractivity contribution is 0.621. The molecule has 0 aliphatic carbocycles. The summed E-state index contributed by atoms with van der Waals surface area (Å²) in [5, 5.41) is 10.3. The quantitative estimate of drug-likeness (QED) is 0.739. The number of halogens is 2. The van der Waals surface area contributed by atoms with Crippen molar-refractivity contribution in [2.75, 3.05) is 0 Å². The number of aromatic amines is 1. The number of rotatable bonds is 1. The minimum Gasteiger partial charge on any atom is -0.345 e. The molecule has 0 bridgehead atoms. The van der Waals surface area contributed by atoms with Gasteiger partial charge in [-0.3, -0.25) is 4.98 Å². The fraction of sp³-hybridized carbons (Fsp3) is 0. The molecule has 0 radical (unpaired) electrons. The molecule has 0 amide bonds. The van der Waals surface area contributed by atoms with Gasteiger partial charge < -0.3 is 4.98 Å². The average molecular weight is 273 g/mol. The molecule has 4 nitrogen and oxygen atoms in total. The van der Waals surface area contributed by atoms with Crippen molar-refractivity contribution < 1.29 is 4.39 Å². The van der Waals surface area contributed by atoms with Crippen molar-refractivity contribution in [3.8, 4) is 17.3 Å². The number of H-pyrrole nitrogens is 1. The Morgan fingerprint density at radius 1 is 1.26 bits per heavy atom. The van der Waals surface area contributed by atoms with Crippen molar-refractivity contribution >= 4 is 22.6 Å². The maximum absolute atomic E-state index is 13.1. The lowest BCUT2D eigenvalue weighted by Crippen LogP contribution is -1.90. The van der Waals surface area contributed by atoms with Crippen LogP contribution in [0.2, 0.25) is 5.02 Å². The van der Waals surface area contributed by atoms with Crippen LogP contribution in [0.25, 0.3) is 22.3 Å². The second-order valence-corrected chi connectivity index (χ2v) is 4.35. The lowest BCUT2D eigenvalue weighted by atomic mass is 10.1. The van der Waals surface area contributed by atoms with E-state index in [0.29, 0.717) is 21.9 Å². The first-order chi connectivity index (χ1) is 9.19. The van der Waals surface area contributed by atoms with Crippen molar-refractivity contribution in [1.29, 1.82) is 5.26 Å². The van der Waals surface area contributed by atoms with Gasteiger partial charge in [0.25, 0.3) is 0 Å². The molecule has 0 aromatic carbocycles. The molecule has 0 fully saturated rings. The third-order valence-electron chi connectivity index (χ3n) is 2.73. The van der Waals surface area contributed by atoms with E-state index >= 15 is 0 Å². The molecular formula is C13H6ClFN4. The largest absolute Gasteiger partial charge is 0.345 e. The first-order valence-corrected chi connectivity index (χ1v) is 5.75. The van der Waals surface area contributed by atoms with Gasteiger partial charge in [0, 0.05) is 23.3 Å². The Morgan fingerprint density at radius 2 is 2.11 bits per heavy atom. The summed E-state index contributed by atoms with van der Waals surface area (Å²) in [6.45, 7) is 0. The average Bonchev–Trinajstić information content (AvgIpc) is 2.81. The van der Waals surface area contributed by atoms with Crippen LogP contribution in [-0.4, -0.2) is 15.0 Å². The molecular weight excluding hydrogens is 267 g/mol. The van der Waals surface area contributed by atoms with Gasteiger partial charge in [-0.05, 0) is 12.1 Å². The number of pyridine rings is 2. The van der Waals surface area contributed by atoms with Gasteiger partial charge in [-0.15, -0.1) is 0 Å². The normalized spacial score (nSPS) is 10.6. The fourth-order valence-electron chi connectivity index (χ4n) is 1.91. The fourth-order valence-corrected chi connectivity index (χ4v) is 2.07. The molecule has 0 aliphatic heterocycles. The Kier molecular flexibility index (Phi) is 2.65. The predicted octanol–water partition coefficient (Wildman–Crippen LogP) is 3.29. The number of nitrogens with zero attached hydrogens (tertiary/aromatic N) is 3. The first kappa shape index (κ1) is 11.6. The van der Waals surface area contributed by atoms with Crippen molar-refractivity contribution in [3.05, 3.63) is 47.1 Å². The first-order valence-electron chi connectivity index (χ1n) is 5.37. The number of hydrogen-bond donors (Lipinski definition) is 1. The zero-order valence-electron chi connectivity index (χ0n) is 9.48. The van der Waals surface area contributed by atoms with Gasteiger partial charge in [0.15, 0.2) is 0 Å². The highest BCUT2D eigenvalue weighted by atomic mass is 35.5. The molecule has 3 aromatic rings. The number of nitrogens with one attached hydrogen (secondary N) is 1. The van der Waals surface area contributed by atoms with E-state index in [-0.39, 0.29) is 5.56 Å². The molecule has 19 heavy (non-hydrogen) atoms. The second kappa shape index (κ2) is 4.34. The Bertz CT molecular complexity index is 819. The summed E-state index contributed by atoms with van der Waals surface area (Å²) in [4.78, 5) is 11.1. The zero-order valence-corrected chi connectivity index (χ0v) is 10.2. The molecule has 0 saturated carbocycles. The van der Waals surface area contributed by atoms with Gasteiger partial charge in [0.1, 0.15) is 17.5 Å². The van der Waals surface area contributed by atoms with E-state index in [0.717, 1.165) is 17.6 Å². The van der Waals surface area contributed by atoms with Gasteiger partial charge >= 0.3 is 0 Å². The van der Waals surface area contributed by atoms with Gasteiger partial charge in [0.2, 0.25) is 0 Å². The van der Waals surface area contributed by atoms with Crippen molar-refractivity contribution in [1.82, 2.24) is 15.0 Å². The predicted molar refractivity (Wildman–Crippen MR) is 69.0 cm³/mol. The van der Waals surface area contributed by atoms with Crippen LogP contribution in [0, 0.1) is 17.1 Å². The number of hydrogen-bond acceptors (Lipinski definition) is 3. The molecule has 3 aromatic heterocycles. The molecule has 0 spiro atoms. The van der Waals surface area contributed by atoms with Crippen LogP contribution in [0.4, 0.5) is 4.39 Å². The summed E-state index contributed by atoms with van der Waals surface area (Å²) in [5.41, 5.74) is 1.87. The molecule has 1 N–H and O–H groups in total. The number of aromatic nitrogens is 3. The van der Waals surface area contributed by atoms with Crippen molar-refractivity contribution in [3.63, 3.8) is 0 Å². The van der Waals surface area contributed by atoms with E-state index in [2.05, 4.69) is 15.0 Å². The van der Waals surface area contributed by atoms with E-state index in [1.807, 2.05) is 6.07 Å². The van der Waals surface area contributed by atoms with Crippen molar-refractivity contribution in [2.45, 2.75) is 0 Å². The van der Waals surface area contributed by atoms with Crippen molar-refractivity contribution in [2.24, 2.45) is 0 Å². The molecule has 6 heteroatoms. The Labute approximate surface area is 112 Å². The molecule has 0 unspecified atom stereocenters. The Morgan fingerprint density at radius 3 is 2.89 bits per heavy atom. The van der Waals surface area contributed by atoms with Gasteiger partial charge in [0.05, 0.1) is 22.5 Å². The van der Waals surface area contributed by atoms with Gasteiger partial charge in [-0.25, -0.2) is 9.37 Å². The molecule has 0 saturated heterocycles. The maximum Gasteiger partial charge on any atom is 0.142 e. The van der Waals surface area contributed by atoms with Gasteiger partial charge in [-0.1, -0.05) is 11.6 Å². The van der Waals surface area contributed by atoms with E-state index in [9.17, 15) is 4.39 Å². The van der Waals surface area contributed by atoms with E-state index in [1.54, 1.807) is 12.3 Å². The van der Waals surface area contributed by atoms with Crippen LogP contribution >= 0.6 is 11.6 Å². The summed E-state index contributed by atoms with van der Waals surface area (Å²) in [6.07, 6.45) is 4.27. The van der Waals surface area contributed by atoms with Crippen LogP contribution in [0.3, 0.4) is 0 Å². The third-order valence-corrected chi connectivity index (χ3v) is 2.93. The maximum atomic E-state index is 13.1. The second-order valence-electron chi connectivity index (χ2n) is 3.91. The topological polar surface area (TPSA) is 65.4 Å². The highest BCUT2D eigenvalue weighted by molar-refractivity contribution is 6.31. The minimum atomic E-state index is -0.545. The number of nitriles is 1. The Hall–Kier alpha value is -2.45. The lowest BCUT2D eigenvalue weighted by Gasteiger charge is -2.01. The molecule has 0 aliphatic rings.